The predicted molar refractivity (Wildman–Crippen MR) is 62.1 cm³/mol. The molecule has 92 valence electrons. The van der Waals surface area contributed by atoms with Crippen LogP contribution in [-0.2, 0) is 9.53 Å². The van der Waals surface area contributed by atoms with Crippen molar-refractivity contribution in [3.05, 3.63) is 0 Å². The zero-order valence-electron chi connectivity index (χ0n) is 10.2. The van der Waals surface area contributed by atoms with Gasteiger partial charge in [-0.1, -0.05) is 13.8 Å². The molecule has 2 fully saturated rings. The second-order valence-electron chi connectivity index (χ2n) is 4.91. The molecule has 2 heterocycles. The van der Waals surface area contributed by atoms with E-state index in [9.17, 15) is 4.79 Å². The zero-order chi connectivity index (χ0) is 11.5. The maximum Gasteiger partial charge on any atom is 0.227 e. The van der Waals surface area contributed by atoms with E-state index in [1.165, 1.54) is 0 Å². The molecule has 1 N–H and O–H groups in total. The lowest BCUT2D eigenvalue weighted by molar-refractivity contribution is -0.144. The van der Waals surface area contributed by atoms with Gasteiger partial charge in [-0.15, -0.1) is 0 Å². The molecule has 0 saturated carbocycles. The summed E-state index contributed by atoms with van der Waals surface area (Å²) in [5, 5.41) is 3.30. The number of nitrogens with one attached hydrogen (secondary N) is 1. The van der Waals surface area contributed by atoms with Crippen LogP contribution in [0.3, 0.4) is 0 Å². The Morgan fingerprint density at radius 2 is 2.31 bits per heavy atom. The summed E-state index contributed by atoms with van der Waals surface area (Å²) in [6, 6.07) is 0.286. The van der Waals surface area contributed by atoms with Crippen LogP contribution < -0.4 is 5.32 Å². The third-order valence-corrected chi connectivity index (χ3v) is 3.82. The molecular formula is C12H22N2O2. The highest BCUT2D eigenvalue weighted by molar-refractivity contribution is 5.80. The Balaban J connectivity index is 2.01. The first-order valence-corrected chi connectivity index (χ1v) is 6.33. The van der Waals surface area contributed by atoms with Crippen molar-refractivity contribution in [3.63, 3.8) is 0 Å². The van der Waals surface area contributed by atoms with E-state index >= 15 is 0 Å². The maximum absolute atomic E-state index is 12.4. The molecule has 4 nitrogen and oxygen atoms in total. The minimum Gasteiger partial charge on any atom is -0.377 e. The van der Waals surface area contributed by atoms with Crippen molar-refractivity contribution < 1.29 is 9.53 Å². The topological polar surface area (TPSA) is 41.6 Å². The van der Waals surface area contributed by atoms with Crippen LogP contribution in [0.1, 0.15) is 20.3 Å². The number of ether oxygens (including phenoxy) is 1. The van der Waals surface area contributed by atoms with Gasteiger partial charge in [-0.3, -0.25) is 4.79 Å². The molecule has 2 aliphatic rings. The largest absolute Gasteiger partial charge is 0.377 e. The molecule has 1 amide bonds. The summed E-state index contributed by atoms with van der Waals surface area (Å²) in [5.74, 6) is 0.965. The van der Waals surface area contributed by atoms with E-state index in [0.29, 0.717) is 25.0 Å². The smallest absolute Gasteiger partial charge is 0.227 e. The van der Waals surface area contributed by atoms with E-state index < -0.39 is 0 Å². The van der Waals surface area contributed by atoms with E-state index in [4.69, 9.17) is 4.74 Å². The van der Waals surface area contributed by atoms with Gasteiger partial charge in [0.2, 0.25) is 5.91 Å². The minimum atomic E-state index is 0.173. The van der Waals surface area contributed by atoms with Crippen LogP contribution in [0.2, 0.25) is 0 Å². The molecule has 4 heteroatoms. The summed E-state index contributed by atoms with van der Waals surface area (Å²) in [6.07, 6.45) is 0.986. The monoisotopic (exact) mass is 226 g/mol. The molecule has 0 aromatic rings. The lowest BCUT2D eigenvalue weighted by Gasteiger charge is -2.37. The number of nitrogens with zero attached hydrogens (tertiary/aromatic N) is 1. The van der Waals surface area contributed by atoms with Gasteiger partial charge in [-0.05, 0) is 18.9 Å². The second-order valence-corrected chi connectivity index (χ2v) is 4.91. The van der Waals surface area contributed by atoms with Gasteiger partial charge in [-0.2, -0.15) is 0 Å². The van der Waals surface area contributed by atoms with E-state index in [1.54, 1.807) is 0 Å². The molecule has 0 aliphatic carbocycles. The third kappa shape index (κ3) is 2.23. The minimum absolute atomic E-state index is 0.173. The molecule has 2 rings (SSSR count). The standard InChI is InChI=1S/C12H22N2O2/c1-3-10-8-16-5-4-14(10)12(15)11-7-13-6-9(11)2/h9-11,13H,3-8H2,1-2H3/t9-,10?,11-/m1/s1. The van der Waals surface area contributed by atoms with Crippen molar-refractivity contribution >= 4 is 5.91 Å². The predicted octanol–water partition coefficient (Wildman–Crippen LogP) is 0.479. The van der Waals surface area contributed by atoms with Crippen molar-refractivity contribution in [2.45, 2.75) is 26.3 Å². The molecule has 3 atom stereocenters. The first-order valence-electron chi connectivity index (χ1n) is 6.33. The molecular weight excluding hydrogens is 204 g/mol. The van der Waals surface area contributed by atoms with Gasteiger partial charge in [0.15, 0.2) is 0 Å². The van der Waals surface area contributed by atoms with Gasteiger partial charge in [0.1, 0.15) is 0 Å². The fraction of sp³-hybridized carbons (Fsp3) is 0.917. The quantitative estimate of drug-likeness (QED) is 0.744. The highest BCUT2D eigenvalue weighted by Gasteiger charge is 2.36. The summed E-state index contributed by atoms with van der Waals surface area (Å²) in [7, 11) is 0. The molecule has 0 radical (unpaired) electrons. The Morgan fingerprint density at radius 1 is 1.50 bits per heavy atom. The van der Waals surface area contributed by atoms with Crippen LogP contribution >= 0.6 is 0 Å². The lowest BCUT2D eigenvalue weighted by atomic mass is 9.95. The van der Waals surface area contributed by atoms with Gasteiger partial charge < -0.3 is 15.0 Å². The van der Waals surface area contributed by atoms with Gasteiger partial charge in [0.05, 0.1) is 25.2 Å². The lowest BCUT2D eigenvalue weighted by Crippen LogP contribution is -2.51. The number of hydrogen-bond donors (Lipinski definition) is 1. The Kier molecular flexibility index (Phi) is 3.82. The van der Waals surface area contributed by atoms with E-state index in [2.05, 4.69) is 19.2 Å². The van der Waals surface area contributed by atoms with Crippen LogP contribution in [0, 0.1) is 11.8 Å². The Morgan fingerprint density at radius 3 is 2.94 bits per heavy atom. The average molecular weight is 226 g/mol. The fourth-order valence-corrected chi connectivity index (χ4v) is 2.64. The van der Waals surface area contributed by atoms with Crippen molar-refractivity contribution in [2.24, 2.45) is 11.8 Å². The zero-order valence-corrected chi connectivity index (χ0v) is 10.2. The maximum atomic E-state index is 12.4. The molecule has 2 saturated heterocycles. The molecule has 2 aliphatic heterocycles. The number of carbonyl (C=O) groups excluding carboxylic acids is 1. The second kappa shape index (κ2) is 5.15. The molecule has 0 aromatic heterocycles. The SMILES string of the molecule is CCC1COCCN1C(=O)[C@@H]1CNC[C@H]1C. The molecule has 0 spiro atoms. The van der Waals surface area contributed by atoms with Crippen molar-refractivity contribution in [1.29, 1.82) is 0 Å². The Labute approximate surface area is 97.3 Å². The first kappa shape index (κ1) is 11.9. The number of carbonyl (C=O) groups is 1. The summed E-state index contributed by atoms with van der Waals surface area (Å²) >= 11 is 0. The number of rotatable bonds is 2. The Hall–Kier alpha value is -0.610. The summed E-state index contributed by atoms with van der Waals surface area (Å²) in [6.45, 7) is 8.25. The molecule has 16 heavy (non-hydrogen) atoms. The van der Waals surface area contributed by atoms with E-state index in [-0.39, 0.29) is 12.0 Å². The van der Waals surface area contributed by atoms with Crippen molar-refractivity contribution in [1.82, 2.24) is 10.2 Å². The number of amides is 1. The van der Waals surface area contributed by atoms with E-state index in [1.807, 2.05) is 4.90 Å². The summed E-state index contributed by atoms with van der Waals surface area (Å²) in [5.41, 5.74) is 0. The molecule has 0 aromatic carbocycles. The Bertz CT molecular complexity index is 257. The highest BCUT2D eigenvalue weighted by atomic mass is 16.5. The van der Waals surface area contributed by atoms with Crippen molar-refractivity contribution in [2.75, 3.05) is 32.8 Å². The van der Waals surface area contributed by atoms with Gasteiger partial charge in [-0.25, -0.2) is 0 Å². The van der Waals surface area contributed by atoms with Gasteiger partial charge in [0.25, 0.3) is 0 Å². The summed E-state index contributed by atoms with van der Waals surface area (Å²) < 4.78 is 5.43. The van der Waals surface area contributed by atoms with Crippen LogP contribution in [0.15, 0.2) is 0 Å². The highest BCUT2D eigenvalue weighted by Crippen LogP contribution is 2.21. The number of morpholine rings is 1. The van der Waals surface area contributed by atoms with Gasteiger partial charge >= 0.3 is 0 Å². The fourth-order valence-electron chi connectivity index (χ4n) is 2.64. The normalized spacial score (nSPS) is 35.4. The van der Waals surface area contributed by atoms with E-state index in [0.717, 1.165) is 26.1 Å². The molecule has 1 unspecified atom stereocenters. The van der Waals surface area contributed by atoms with Crippen molar-refractivity contribution in [3.8, 4) is 0 Å². The van der Waals surface area contributed by atoms with Crippen LogP contribution in [0.25, 0.3) is 0 Å². The molecule has 0 bridgehead atoms. The van der Waals surface area contributed by atoms with Crippen LogP contribution in [0.5, 0.6) is 0 Å². The number of hydrogen-bond acceptors (Lipinski definition) is 3. The van der Waals surface area contributed by atoms with Crippen LogP contribution in [-0.4, -0.2) is 49.7 Å². The summed E-state index contributed by atoms with van der Waals surface area (Å²) in [4.78, 5) is 14.4. The van der Waals surface area contributed by atoms with Gasteiger partial charge in [0, 0.05) is 13.1 Å². The first-order chi connectivity index (χ1) is 7.74. The average Bonchev–Trinajstić information content (AvgIpc) is 2.74. The third-order valence-electron chi connectivity index (χ3n) is 3.82. The van der Waals surface area contributed by atoms with Crippen LogP contribution in [0.4, 0.5) is 0 Å².